The molecule has 2 heteroatoms. The molecule has 0 heterocycles. The van der Waals surface area contributed by atoms with Crippen LogP contribution in [0, 0.1) is 0 Å². The van der Waals surface area contributed by atoms with Crippen LogP contribution in [-0.4, -0.2) is 14.1 Å². The van der Waals surface area contributed by atoms with Crippen LogP contribution in [0.5, 0.6) is 0 Å². The van der Waals surface area contributed by atoms with Crippen molar-refractivity contribution in [3.63, 3.8) is 0 Å². The van der Waals surface area contributed by atoms with E-state index >= 15 is 0 Å². The maximum absolute atomic E-state index is 2.32. The molecule has 0 fully saturated rings. The van der Waals surface area contributed by atoms with E-state index in [1.54, 1.807) is 0 Å². The molecule has 4 aromatic rings. The molecule has 0 aliphatic heterocycles. The van der Waals surface area contributed by atoms with Gasteiger partial charge in [-0.2, -0.15) is 0 Å². The zero-order chi connectivity index (χ0) is 20.1. The molecule has 0 aliphatic carbocycles. The molecule has 0 unspecified atom stereocenters. The summed E-state index contributed by atoms with van der Waals surface area (Å²) in [6.07, 6.45) is 1.04. The first-order chi connectivity index (χ1) is 14.2. The fourth-order valence-electron chi connectivity index (χ4n) is 4.19. The van der Waals surface area contributed by atoms with Gasteiger partial charge in [-0.15, -0.1) is 0 Å². The Labute approximate surface area is 175 Å². The molecule has 4 rings (SSSR count). The van der Waals surface area contributed by atoms with E-state index in [0.717, 1.165) is 6.16 Å². The molecule has 0 saturated carbocycles. The molecule has 0 amide bonds. The molecule has 0 spiro atoms. The zero-order valence-electron chi connectivity index (χ0n) is 17.1. The molecule has 0 saturated heterocycles. The van der Waals surface area contributed by atoms with Gasteiger partial charge in [0.2, 0.25) is 0 Å². The Bertz CT molecular complexity index is 929. The van der Waals surface area contributed by atoms with Crippen LogP contribution in [0.15, 0.2) is 115 Å². The number of rotatable bonds is 6. The summed E-state index contributed by atoms with van der Waals surface area (Å²) in [6.45, 7) is 0. The van der Waals surface area contributed by atoms with E-state index < -0.39 is 7.26 Å². The van der Waals surface area contributed by atoms with Gasteiger partial charge in [0, 0.05) is 0 Å². The van der Waals surface area contributed by atoms with E-state index in [0.29, 0.717) is 0 Å². The molecule has 0 N–H and O–H groups in total. The van der Waals surface area contributed by atoms with E-state index in [-0.39, 0.29) is 0 Å². The van der Waals surface area contributed by atoms with Gasteiger partial charge in [-0.3, -0.25) is 0 Å². The SMILES string of the molecule is CN(C)c1ccc(C[PH](c2ccccc2)(c2ccccc2)c2ccccc2)cc1. The Kier molecular flexibility index (Phi) is 5.79. The summed E-state index contributed by atoms with van der Waals surface area (Å²) in [5, 5.41) is 4.36. The van der Waals surface area contributed by atoms with E-state index in [2.05, 4.69) is 134 Å². The quantitative estimate of drug-likeness (QED) is 0.415. The predicted molar refractivity (Wildman–Crippen MR) is 131 cm³/mol. The van der Waals surface area contributed by atoms with Gasteiger partial charge in [0.1, 0.15) is 0 Å². The number of anilines is 1. The molecule has 4 aromatic carbocycles. The first kappa shape index (κ1) is 19.4. The summed E-state index contributed by atoms with van der Waals surface area (Å²) in [6, 6.07) is 42.4. The first-order valence-corrected chi connectivity index (χ1v) is 12.3. The Balaban J connectivity index is 1.92. The molecule has 146 valence electrons. The molecule has 0 bridgehead atoms. The Hall–Kier alpha value is -2.89. The van der Waals surface area contributed by atoms with Crippen molar-refractivity contribution in [1.29, 1.82) is 0 Å². The van der Waals surface area contributed by atoms with Gasteiger partial charge < -0.3 is 0 Å². The topological polar surface area (TPSA) is 3.24 Å². The van der Waals surface area contributed by atoms with Crippen LogP contribution in [0.4, 0.5) is 5.69 Å². The first-order valence-electron chi connectivity index (χ1n) is 10.1. The van der Waals surface area contributed by atoms with E-state index in [1.807, 2.05) is 0 Å². The summed E-state index contributed by atoms with van der Waals surface area (Å²) in [5.41, 5.74) is 2.62. The van der Waals surface area contributed by atoms with Crippen molar-refractivity contribution >= 4 is 28.9 Å². The minimum absolute atomic E-state index is 1.04. The van der Waals surface area contributed by atoms with Gasteiger partial charge in [-0.05, 0) is 0 Å². The maximum atomic E-state index is 2.32. The Morgan fingerprint density at radius 2 is 0.897 bits per heavy atom. The van der Waals surface area contributed by atoms with Gasteiger partial charge >= 0.3 is 175 Å². The summed E-state index contributed by atoms with van der Waals surface area (Å²) in [5.74, 6) is 0. The second-order valence-corrected chi connectivity index (χ2v) is 11.6. The van der Waals surface area contributed by atoms with Crippen molar-refractivity contribution in [2.75, 3.05) is 19.0 Å². The van der Waals surface area contributed by atoms with Gasteiger partial charge in [0.15, 0.2) is 0 Å². The predicted octanol–water partition coefficient (Wildman–Crippen LogP) is 4.98. The molecule has 0 aromatic heterocycles. The van der Waals surface area contributed by atoms with Crippen molar-refractivity contribution in [2.45, 2.75) is 6.16 Å². The summed E-state index contributed by atoms with van der Waals surface area (Å²) in [7, 11) is 1.96. The fourth-order valence-corrected chi connectivity index (χ4v) is 8.94. The van der Waals surface area contributed by atoms with Gasteiger partial charge in [-0.25, -0.2) is 0 Å². The van der Waals surface area contributed by atoms with Crippen LogP contribution in [0.25, 0.3) is 0 Å². The van der Waals surface area contributed by atoms with E-state index in [4.69, 9.17) is 0 Å². The summed E-state index contributed by atoms with van der Waals surface area (Å²) >= 11 is 0. The number of benzene rings is 4. The zero-order valence-corrected chi connectivity index (χ0v) is 18.1. The van der Waals surface area contributed by atoms with Crippen LogP contribution in [0.1, 0.15) is 5.56 Å². The average molecular weight is 398 g/mol. The minimum atomic E-state index is -2.22. The second kappa shape index (κ2) is 8.64. The molecule has 29 heavy (non-hydrogen) atoms. The van der Waals surface area contributed by atoms with Crippen molar-refractivity contribution < 1.29 is 0 Å². The third-order valence-electron chi connectivity index (χ3n) is 5.72. The number of hydrogen-bond acceptors (Lipinski definition) is 1. The standard InChI is InChI=1S/C27H28NP/c1-28(2)24-20-18-23(19-21-24)22-29(25-12-6-3-7-13-25,26-14-8-4-9-15-26)27-16-10-5-11-17-27/h3-21,29H,22H2,1-2H3. The summed E-state index contributed by atoms with van der Waals surface area (Å²) < 4.78 is 0. The third-order valence-corrected chi connectivity index (χ3v) is 10.6. The van der Waals surface area contributed by atoms with Crippen LogP contribution in [0.2, 0.25) is 0 Å². The molecule has 0 atom stereocenters. The van der Waals surface area contributed by atoms with Gasteiger partial charge in [0.25, 0.3) is 0 Å². The van der Waals surface area contributed by atoms with Crippen LogP contribution in [0.3, 0.4) is 0 Å². The van der Waals surface area contributed by atoms with Gasteiger partial charge in [-0.1, -0.05) is 0 Å². The Morgan fingerprint density at radius 1 is 0.517 bits per heavy atom. The van der Waals surface area contributed by atoms with E-state index in [9.17, 15) is 0 Å². The number of nitrogens with zero attached hydrogens (tertiary/aromatic N) is 1. The Morgan fingerprint density at radius 3 is 1.24 bits per heavy atom. The van der Waals surface area contributed by atoms with Crippen molar-refractivity contribution in [1.82, 2.24) is 0 Å². The molecule has 0 radical (unpaired) electrons. The molecule has 0 aliphatic rings. The summed E-state index contributed by atoms with van der Waals surface area (Å²) in [4.78, 5) is 2.15. The van der Waals surface area contributed by atoms with Crippen LogP contribution in [-0.2, 0) is 6.16 Å². The normalized spacial score (nSPS) is 11.8. The van der Waals surface area contributed by atoms with Crippen molar-refractivity contribution in [2.24, 2.45) is 0 Å². The second-order valence-electron chi connectivity index (χ2n) is 7.74. The van der Waals surface area contributed by atoms with Crippen molar-refractivity contribution in [3.05, 3.63) is 121 Å². The van der Waals surface area contributed by atoms with Crippen LogP contribution >= 0.6 is 7.26 Å². The monoisotopic (exact) mass is 397 g/mol. The van der Waals surface area contributed by atoms with Crippen LogP contribution < -0.4 is 20.8 Å². The van der Waals surface area contributed by atoms with E-state index in [1.165, 1.54) is 27.2 Å². The molecule has 1 nitrogen and oxygen atoms in total. The van der Waals surface area contributed by atoms with Gasteiger partial charge in [0.05, 0.1) is 0 Å². The fraction of sp³-hybridized carbons (Fsp3) is 0.111. The van der Waals surface area contributed by atoms with Crippen molar-refractivity contribution in [3.8, 4) is 0 Å². The molecular weight excluding hydrogens is 369 g/mol. The number of hydrogen-bond donors (Lipinski definition) is 0. The average Bonchev–Trinajstić information content (AvgIpc) is 2.79. The third kappa shape index (κ3) is 3.97. The molecular formula is C27H28NP.